The predicted molar refractivity (Wildman–Crippen MR) is 89.2 cm³/mol. The Labute approximate surface area is 135 Å². The fourth-order valence-electron chi connectivity index (χ4n) is 2.01. The summed E-state index contributed by atoms with van der Waals surface area (Å²) in [7, 11) is 0. The Bertz CT molecular complexity index is 627. The van der Waals surface area contributed by atoms with E-state index in [-0.39, 0.29) is 11.4 Å². The van der Waals surface area contributed by atoms with Gasteiger partial charge in [0.2, 0.25) is 0 Å². The fraction of sp³-hybridized carbons (Fsp3) is 0.412. The van der Waals surface area contributed by atoms with Crippen molar-refractivity contribution in [1.29, 1.82) is 0 Å². The van der Waals surface area contributed by atoms with Gasteiger partial charge in [-0.3, -0.25) is 5.10 Å². The lowest BCUT2D eigenvalue weighted by molar-refractivity contribution is 0.0518. The first-order valence-electron chi connectivity index (χ1n) is 7.34. The maximum Gasteiger partial charge on any atom is 0.356 e. The normalized spacial score (nSPS) is 11.5. The van der Waals surface area contributed by atoms with Crippen LogP contribution in [0.4, 0.5) is 0 Å². The molecule has 1 heterocycles. The number of hydrogen-bond acceptors (Lipinski definition) is 4. The van der Waals surface area contributed by atoms with E-state index in [9.17, 15) is 4.79 Å². The minimum Gasteiger partial charge on any atom is -0.461 e. The molecule has 22 heavy (non-hydrogen) atoms. The van der Waals surface area contributed by atoms with Crippen LogP contribution in [0.15, 0.2) is 35.4 Å². The van der Waals surface area contributed by atoms with Gasteiger partial charge >= 0.3 is 5.97 Å². The van der Waals surface area contributed by atoms with Crippen LogP contribution in [0.1, 0.15) is 49.3 Å². The molecule has 0 fully saturated rings. The molecule has 0 saturated heterocycles. The van der Waals surface area contributed by atoms with E-state index in [0.29, 0.717) is 18.1 Å². The summed E-state index contributed by atoms with van der Waals surface area (Å²) >= 11 is 1.68. The van der Waals surface area contributed by atoms with Gasteiger partial charge in [0.25, 0.3) is 0 Å². The van der Waals surface area contributed by atoms with Gasteiger partial charge < -0.3 is 4.74 Å². The topological polar surface area (TPSA) is 55.0 Å². The number of esters is 1. The summed E-state index contributed by atoms with van der Waals surface area (Å²) in [5.41, 5.74) is 2.78. The van der Waals surface area contributed by atoms with E-state index in [1.165, 1.54) is 10.5 Å². The van der Waals surface area contributed by atoms with E-state index in [0.717, 1.165) is 5.56 Å². The highest BCUT2D eigenvalue weighted by Crippen LogP contribution is 2.28. The lowest BCUT2D eigenvalue weighted by atomic mass is 9.87. The van der Waals surface area contributed by atoms with Gasteiger partial charge in [-0.25, -0.2) is 4.79 Å². The molecule has 0 amide bonds. The standard InChI is InChI=1S/C17H22N2O2S/c1-5-21-16(20)15-12(10-18-19-15)11-22-14-8-6-13(7-9-14)17(2,3)4/h6-10H,5,11H2,1-4H3,(H,18,19). The molecule has 5 heteroatoms. The number of ether oxygens (including phenoxy) is 1. The summed E-state index contributed by atoms with van der Waals surface area (Å²) in [4.78, 5) is 13.0. The van der Waals surface area contributed by atoms with E-state index < -0.39 is 0 Å². The third kappa shape index (κ3) is 4.13. The summed E-state index contributed by atoms with van der Waals surface area (Å²) in [6.45, 7) is 8.75. The average Bonchev–Trinajstić information content (AvgIpc) is 2.93. The third-order valence-corrected chi connectivity index (χ3v) is 4.37. The zero-order valence-corrected chi connectivity index (χ0v) is 14.3. The van der Waals surface area contributed by atoms with Crippen molar-refractivity contribution < 1.29 is 9.53 Å². The van der Waals surface area contributed by atoms with E-state index in [2.05, 4.69) is 55.2 Å². The number of benzene rings is 1. The maximum absolute atomic E-state index is 11.8. The Hall–Kier alpha value is -1.75. The summed E-state index contributed by atoms with van der Waals surface area (Å²) in [6.07, 6.45) is 1.68. The van der Waals surface area contributed by atoms with Crippen LogP contribution in [0.25, 0.3) is 0 Å². The molecular weight excluding hydrogens is 296 g/mol. The number of nitrogens with one attached hydrogen (secondary N) is 1. The Morgan fingerprint density at radius 2 is 1.95 bits per heavy atom. The van der Waals surface area contributed by atoms with Gasteiger partial charge in [-0.2, -0.15) is 5.10 Å². The first-order chi connectivity index (χ1) is 10.4. The van der Waals surface area contributed by atoms with Crippen LogP contribution in [-0.2, 0) is 15.9 Å². The second kappa shape index (κ2) is 7.01. The molecule has 0 bridgehead atoms. The molecule has 0 saturated carbocycles. The van der Waals surface area contributed by atoms with Crippen molar-refractivity contribution in [3.8, 4) is 0 Å². The number of carbonyl (C=O) groups excluding carboxylic acids is 1. The predicted octanol–water partition coefficient (Wildman–Crippen LogP) is 4.18. The van der Waals surface area contributed by atoms with E-state index in [1.807, 2.05) is 0 Å². The van der Waals surface area contributed by atoms with Crippen LogP contribution in [-0.4, -0.2) is 22.8 Å². The van der Waals surface area contributed by atoms with Gasteiger partial charge in [0, 0.05) is 16.2 Å². The molecule has 2 rings (SSSR count). The van der Waals surface area contributed by atoms with E-state index in [4.69, 9.17) is 4.74 Å². The van der Waals surface area contributed by atoms with Crippen molar-refractivity contribution in [2.75, 3.05) is 6.61 Å². The third-order valence-electron chi connectivity index (χ3n) is 3.31. The molecule has 4 nitrogen and oxygen atoms in total. The number of thioether (sulfide) groups is 1. The van der Waals surface area contributed by atoms with Gasteiger partial charge in [-0.15, -0.1) is 11.8 Å². The second-order valence-corrected chi connectivity index (χ2v) is 7.10. The minimum absolute atomic E-state index is 0.158. The Morgan fingerprint density at radius 3 is 2.55 bits per heavy atom. The van der Waals surface area contributed by atoms with Gasteiger partial charge in [0.1, 0.15) is 5.69 Å². The number of aromatic amines is 1. The first kappa shape index (κ1) is 16.6. The summed E-state index contributed by atoms with van der Waals surface area (Å²) < 4.78 is 5.01. The van der Waals surface area contributed by atoms with Gasteiger partial charge in [-0.05, 0) is 30.0 Å². The molecule has 0 atom stereocenters. The van der Waals surface area contributed by atoms with Crippen molar-refractivity contribution in [3.05, 3.63) is 47.3 Å². The van der Waals surface area contributed by atoms with Crippen molar-refractivity contribution >= 4 is 17.7 Å². The highest BCUT2D eigenvalue weighted by molar-refractivity contribution is 7.98. The number of rotatable bonds is 5. The van der Waals surface area contributed by atoms with Crippen LogP contribution >= 0.6 is 11.8 Å². The van der Waals surface area contributed by atoms with Crippen molar-refractivity contribution in [1.82, 2.24) is 10.2 Å². The molecular formula is C17H22N2O2S. The Balaban J connectivity index is 2.02. The Kier molecular flexibility index (Phi) is 5.29. The smallest absolute Gasteiger partial charge is 0.356 e. The van der Waals surface area contributed by atoms with Gasteiger partial charge in [-0.1, -0.05) is 32.9 Å². The van der Waals surface area contributed by atoms with Crippen LogP contribution < -0.4 is 0 Å². The number of carbonyl (C=O) groups is 1. The largest absolute Gasteiger partial charge is 0.461 e. The molecule has 1 N–H and O–H groups in total. The monoisotopic (exact) mass is 318 g/mol. The number of aromatic nitrogens is 2. The quantitative estimate of drug-likeness (QED) is 0.664. The molecule has 118 valence electrons. The van der Waals surface area contributed by atoms with Crippen molar-refractivity contribution in [2.24, 2.45) is 0 Å². The van der Waals surface area contributed by atoms with Crippen LogP contribution in [0.2, 0.25) is 0 Å². The zero-order valence-electron chi connectivity index (χ0n) is 13.5. The molecule has 0 aliphatic rings. The number of H-pyrrole nitrogens is 1. The van der Waals surface area contributed by atoms with E-state index in [1.54, 1.807) is 24.9 Å². The van der Waals surface area contributed by atoms with Crippen molar-refractivity contribution in [3.63, 3.8) is 0 Å². The lowest BCUT2D eigenvalue weighted by Gasteiger charge is -2.19. The molecule has 0 radical (unpaired) electrons. The van der Waals surface area contributed by atoms with Gasteiger partial charge in [0.05, 0.1) is 12.8 Å². The fourth-order valence-corrected chi connectivity index (χ4v) is 2.88. The molecule has 0 aliphatic carbocycles. The average molecular weight is 318 g/mol. The van der Waals surface area contributed by atoms with Crippen LogP contribution in [0.3, 0.4) is 0 Å². The maximum atomic E-state index is 11.8. The summed E-state index contributed by atoms with van der Waals surface area (Å²) in [5.74, 6) is 0.332. The summed E-state index contributed by atoms with van der Waals surface area (Å²) in [6, 6.07) is 8.55. The van der Waals surface area contributed by atoms with Crippen LogP contribution in [0, 0.1) is 0 Å². The minimum atomic E-state index is -0.348. The molecule has 2 aromatic rings. The van der Waals surface area contributed by atoms with Gasteiger partial charge in [0.15, 0.2) is 0 Å². The molecule has 0 unspecified atom stereocenters. The number of hydrogen-bond donors (Lipinski definition) is 1. The lowest BCUT2D eigenvalue weighted by Crippen LogP contribution is -2.10. The SMILES string of the molecule is CCOC(=O)c1[nH]ncc1CSc1ccc(C(C)(C)C)cc1. The Morgan fingerprint density at radius 1 is 1.27 bits per heavy atom. The molecule has 1 aromatic carbocycles. The van der Waals surface area contributed by atoms with E-state index >= 15 is 0 Å². The molecule has 0 aliphatic heterocycles. The molecule has 1 aromatic heterocycles. The van der Waals surface area contributed by atoms with Crippen LogP contribution in [0.5, 0.6) is 0 Å². The summed E-state index contributed by atoms with van der Waals surface area (Å²) in [5, 5.41) is 6.66. The first-order valence-corrected chi connectivity index (χ1v) is 8.33. The number of nitrogens with zero attached hydrogens (tertiary/aromatic N) is 1. The van der Waals surface area contributed by atoms with Crippen molar-refractivity contribution in [2.45, 2.75) is 43.8 Å². The molecule has 0 spiro atoms. The zero-order chi connectivity index (χ0) is 16.2. The highest BCUT2D eigenvalue weighted by Gasteiger charge is 2.16. The highest BCUT2D eigenvalue weighted by atomic mass is 32.2. The second-order valence-electron chi connectivity index (χ2n) is 6.05.